The summed E-state index contributed by atoms with van der Waals surface area (Å²) < 4.78 is 6.50. The largest absolute Gasteiger partial charge is 0.469 e. The van der Waals surface area contributed by atoms with Crippen molar-refractivity contribution in [3.8, 4) is 0 Å². The number of thioether (sulfide) groups is 1. The number of hydrogen-bond acceptors (Lipinski definition) is 6. The molecule has 0 aliphatic carbocycles. The van der Waals surface area contributed by atoms with Crippen LogP contribution in [0.3, 0.4) is 0 Å². The Morgan fingerprint density at radius 1 is 1.61 bits per heavy atom. The van der Waals surface area contributed by atoms with Gasteiger partial charge in [-0.25, -0.2) is 9.97 Å². The molecule has 0 saturated carbocycles. The maximum absolute atomic E-state index is 11.0. The zero-order chi connectivity index (χ0) is 13.0. The van der Waals surface area contributed by atoms with Crippen LogP contribution in [0.2, 0.25) is 0 Å². The number of rotatable bonds is 5. The summed E-state index contributed by atoms with van der Waals surface area (Å²) in [7, 11) is 3.20. The lowest BCUT2D eigenvalue weighted by Gasteiger charge is -2.06. The number of hydrogen-bond donors (Lipinski definition) is 1. The molecular formula is C11H14N4O2S. The molecule has 0 saturated heterocycles. The van der Waals surface area contributed by atoms with Gasteiger partial charge in [0, 0.05) is 25.2 Å². The molecule has 0 atom stereocenters. The fourth-order valence-corrected chi connectivity index (χ4v) is 2.37. The van der Waals surface area contributed by atoms with E-state index in [2.05, 4.69) is 20.0 Å². The molecule has 0 aliphatic rings. The van der Waals surface area contributed by atoms with Gasteiger partial charge in [0.15, 0.2) is 5.65 Å². The van der Waals surface area contributed by atoms with Crippen LogP contribution in [-0.2, 0) is 9.53 Å². The van der Waals surface area contributed by atoms with Crippen LogP contribution in [0.15, 0.2) is 23.6 Å². The van der Waals surface area contributed by atoms with Crippen LogP contribution < -0.4 is 5.32 Å². The Hall–Kier alpha value is -1.76. The van der Waals surface area contributed by atoms with Crippen LogP contribution in [0, 0.1) is 0 Å². The number of carbonyl (C=O) groups is 1. The average Bonchev–Trinajstić information content (AvgIpc) is 2.86. The smallest absolute Gasteiger partial charge is 0.306 e. The van der Waals surface area contributed by atoms with E-state index in [-0.39, 0.29) is 5.97 Å². The van der Waals surface area contributed by atoms with Crippen molar-refractivity contribution in [1.29, 1.82) is 0 Å². The number of fused-ring (bicyclic) bond motifs is 1. The molecule has 2 aromatic rings. The highest BCUT2D eigenvalue weighted by molar-refractivity contribution is 7.99. The van der Waals surface area contributed by atoms with Gasteiger partial charge in [0.25, 0.3) is 0 Å². The molecule has 7 heteroatoms. The van der Waals surface area contributed by atoms with Crippen LogP contribution in [0.5, 0.6) is 0 Å². The van der Waals surface area contributed by atoms with Crippen molar-refractivity contribution in [2.75, 3.05) is 25.2 Å². The van der Waals surface area contributed by atoms with E-state index in [9.17, 15) is 4.79 Å². The number of anilines is 1. The topological polar surface area (TPSA) is 68.5 Å². The van der Waals surface area contributed by atoms with E-state index in [1.54, 1.807) is 6.20 Å². The SMILES string of the molecule is CNc1cn2ccnc2c(SCCC(=O)OC)n1. The molecule has 2 rings (SSSR count). The first-order valence-electron chi connectivity index (χ1n) is 5.45. The van der Waals surface area contributed by atoms with E-state index in [0.717, 1.165) is 16.5 Å². The number of carbonyl (C=O) groups excluding carboxylic acids is 1. The molecule has 0 radical (unpaired) electrons. The van der Waals surface area contributed by atoms with E-state index in [4.69, 9.17) is 0 Å². The fraction of sp³-hybridized carbons (Fsp3) is 0.364. The average molecular weight is 266 g/mol. The summed E-state index contributed by atoms with van der Waals surface area (Å²) in [5.41, 5.74) is 0.795. The molecule has 2 aromatic heterocycles. The maximum Gasteiger partial charge on any atom is 0.306 e. The molecule has 0 bridgehead atoms. The van der Waals surface area contributed by atoms with Crippen molar-refractivity contribution in [3.05, 3.63) is 18.6 Å². The summed E-state index contributed by atoms with van der Waals surface area (Å²) in [5, 5.41) is 3.80. The van der Waals surface area contributed by atoms with Gasteiger partial charge in [-0.2, -0.15) is 0 Å². The van der Waals surface area contributed by atoms with Crippen molar-refractivity contribution in [2.45, 2.75) is 11.4 Å². The molecule has 0 fully saturated rings. The summed E-state index contributed by atoms with van der Waals surface area (Å²) in [6.45, 7) is 0. The van der Waals surface area contributed by atoms with E-state index in [0.29, 0.717) is 12.2 Å². The first kappa shape index (κ1) is 12.7. The van der Waals surface area contributed by atoms with Crippen molar-refractivity contribution in [1.82, 2.24) is 14.4 Å². The standard InChI is InChI=1S/C11H14N4O2S/c1-12-8-7-15-5-4-13-10(15)11(14-8)18-6-3-9(16)17-2/h4-5,7,12H,3,6H2,1-2H3. The van der Waals surface area contributed by atoms with Crippen LogP contribution in [0.1, 0.15) is 6.42 Å². The Kier molecular flexibility index (Phi) is 4.03. The van der Waals surface area contributed by atoms with Crippen LogP contribution in [0.25, 0.3) is 5.65 Å². The van der Waals surface area contributed by atoms with Gasteiger partial charge in [0.1, 0.15) is 10.8 Å². The Morgan fingerprint density at radius 2 is 2.44 bits per heavy atom. The fourth-order valence-electron chi connectivity index (χ4n) is 1.45. The summed E-state index contributed by atoms with van der Waals surface area (Å²) in [6.07, 6.45) is 5.81. The summed E-state index contributed by atoms with van der Waals surface area (Å²) in [6, 6.07) is 0. The number of nitrogens with zero attached hydrogens (tertiary/aromatic N) is 3. The number of esters is 1. The lowest BCUT2D eigenvalue weighted by molar-refractivity contribution is -0.140. The zero-order valence-corrected chi connectivity index (χ0v) is 11.0. The Balaban J connectivity index is 2.15. The van der Waals surface area contributed by atoms with Crippen molar-refractivity contribution in [2.24, 2.45) is 0 Å². The van der Waals surface area contributed by atoms with Crippen LogP contribution in [-0.4, -0.2) is 40.2 Å². The van der Waals surface area contributed by atoms with Gasteiger partial charge in [0.05, 0.1) is 19.7 Å². The highest BCUT2D eigenvalue weighted by atomic mass is 32.2. The lowest BCUT2D eigenvalue weighted by Crippen LogP contribution is -2.02. The molecule has 0 unspecified atom stereocenters. The van der Waals surface area contributed by atoms with E-state index >= 15 is 0 Å². The number of nitrogens with one attached hydrogen (secondary N) is 1. The third-order valence-corrected chi connectivity index (χ3v) is 3.33. The van der Waals surface area contributed by atoms with Gasteiger partial charge >= 0.3 is 5.97 Å². The molecular weight excluding hydrogens is 252 g/mol. The Labute approximate surface area is 109 Å². The molecule has 18 heavy (non-hydrogen) atoms. The quantitative estimate of drug-likeness (QED) is 0.652. The van der Waals surface area contributed by atoms with Gasteiger partial charge in [-0.3, -0.25) is 4.79 Å². The molecule has 0 aliphatic heterocycles. The second kappa shape index (κ2) is 5.72. The monoisotopic (exact) mass is 266 g/mol. The minimum Gasteiger partial charge on any atom is -0.469 e. The van der Waals surface area contributed by atoms with Gasteiger partial charge < -0.3 is 14.5 Å². The van der Waals surface area contributed by atoms with Gasteiger partial charge in [-0.15, -0.1) is 11.8 Å². The van der Waals surface area contributed by atoms with Crippen LogP contribution in [0.4, 0.5) is 5.82 Å². The van der Waals surface area contributed by atoms with Crippen molar-refractivity contribution in [3.63, 3.8) is 0 Å². The van der Waals surface area contributed by atoms with E-state index < -0.39 is 0 Å². The molecule has 2 heterocycles. The highest BCUT2D eigenvalue weighted by Gasteiger charge is 2.09. The number of imidazole rings is 1. The molecule has 96 valence electrons. The molecule has 6 nitrogen and oxygen atoms in total. The maximum atomic E-state index is 11.0. The first-order valence-corrected chi connectivity index (χ1v) is 6.44. The Bertz CT molecular complexity index is 555. The van der Waals surface area contributed by atoms with Crippen molar-refractivity contribution < 1.29 is 9.53 Å². The second-order valence-corrected chi connectivity index (χ2v) is 4.60. The number of aromatic nitrogens is 3. The van der Waals surface area contributed by atoms with E-state index in [1.807, 2.05) is 23.8 Å². The molecule has 1 N–H and O–H groups in total. The first-order chi connectivity index (χ1) is 8.74. The molecule has 0 amide bonds. The van der Waals surface area contributed by atoms with Crippen LogP contribution >= 0.6 is 11.8 Å². The summed E-state index contributed by atoms with van der Waals surface area (Å²) in [4.78, 5) is 19.7. The predicted octanol–water partition coefficient (Wildman–Crippen LogP) is 1.43. The summed E-state index contributed by atoms with van der Waals surface area (Å²) in [5.74, 6) is 1.17. The molecule has 0 aromatic carbocycles. The predicted molar refractivity (Wildman–Crippen MR) is 69.9 cm³/mol. The van der Waals surface area contributed by atoms with Gasteiger partial charge in [0.2, 0.25) is 0 Å². The van der Waals surface area contributed by atoms with Gasteiger partial charge in [-0.1, -0.05) is 0 Å². The lowest BCUT2D eigenvalue weighted by atomic mass is 10.5. The highest BCUT2D eigenvalue weighted by Crippen LogP contribution is 2.23. The second-order valence-electron chi connectivity index (χ2n) is 3.51. The third-order valence-electron chi connectivity index (χ3n) is 2.37. The zero-order valence-electron chi connectivity index (χ0n) is 10.2. The van der Waals surface area contributed by atoms with E-state index in [1.165, 1.54) is 18.9 Å². The third kappa shape index (κ3) is 2.73. The molecule has 0 spiro atoms. The normalized spacial score (nSPS) is 10.6. The number of methoxy groups -OCH3 is 1. The minimum absolute atomic E-state index is 0.216. The summed E-state index contributed by atoms with van der Waals surface area (Å²) >= 11 is 1.49. The Morgan fingerprint density at radius 3 is 3.17 bits per heavy atom. The number of ether oxygens (including phenoxy) is 1. The van der Waals surface area contributed by atoms with Gasteiger partial charge in [-0.05, 0) is 0 Å². The van der Waals surface area contributed by atoms with Crippen molar-refractivity contribution >= 4 is 29.2 Å². The minimum atomic E-state index is -0.216.